The molecule has 136 valence electrons. The molecule has 0 aliphatic carbocycles. The molecule has 1 unspecified atom stereocenters. The number of rotatable bonds is 3. The van der Waals surface area contributed by atoms with E-state index < -0.39 is 11.9 Å². The predicted octanol–water partition coefficient (Wildman–Crippen LogP) is 0.0568. The highest BCUT2D eigenvalue weighted by Gasteiger charge is 2.40. The summed E-state index contributed by atoms with van der Waals surface area (Å²) in [7, 11) is 1.38. The lowest BCUT2D eigenvalue weighted by Gasteiger charge is -2.39. The topological polar surface area (TPSA) is 96.0 Å². The number of ether oxygens (including phenoxy) is 1. The minimum absolute atomic E-state index is 0.116. The lowest BCUT2D eigenvalue weighted by atomic mass is 9.98. The highest BCUT2D eigenvalue weighted by atomic mass is 16.5. The van der Waals surface area contributed by atoms with Crippen molar-refractivity contribution in [3.05, 3.63) is 29.3 Å². The highest BCUT2D eigenvalue weighted by molar-refractivity contribution is 6.05. The van der Waals surface area contributed by atoms with Crippen LogP contribution in [0.2, 0.25) is 0 Å². The molecule has 1 N–H and O–H groups in total. The molecule has 3 aliphatic rings. The van der Waals surface area contributed by atoms with Gasteiger partial charge in [-0.15, -0.1) is 0 Å². The van der Waals surface area contributed by atoms with Crippen LogP contribution in [0.3, 0.4) is 0 Å². The van der Waals surface area contributed by atoms with Gasteiger partial charge in [0.25, 0.3) is 5.91 Å². The summed E-state index contributed by atoms with van der Waals surface area (Å²) >= 11 is 0. The third kappa shape index (κ3) is 2.61. The zero-order chi connectivity index (χ0) is 18.4. The van der Waals surface area contributed by atoms with E-state index in [1.807, 2.05) is 12.1 Å². The maximum absolute atomic E-state index is 12.7. The minimum atomic E-state index is -0.608. The second-order valence-corrected chi connectivity index (χ2v) is 6.87. The van der Waals surface area contributed by atoms with E-state index in [-0.39, 0.29) is 30.1 Å². The largest absolute Gasteiger partial charge is 0.469 e. The number of piperidine rings is 1. The van der Waals surface area contributed by atoms with Crippen LogP contribution >= 0.6 is 0 Å². The zero-order valence-corrected chi connectivity index (χ0v) is 14.4. The molecule has 1 aromatic carbocycles. The number of hydrogen-bond donors (Lipinski definition) is 1. The van der Waals surface area contributed by atoms with Gasteiger partial charge in [0.2, 0.25) is 11.8 Å². The van der Waals surface area contributed by atoms with Gasteiger partial charge in [0.1, 0.15) is 6.04 Å². The van der Waals surface area contributed by atoms with Crippen molar-refractivity contribution in [3.63, 3.8) is 0 Å². The molecule has 4 rings (SSSR count). The minimum Gasteiger partial charge on any atom is -0.469 e. The van der Waals surface area contributed by atoms with Crippen molar-refractivity contribution < 1.29 is 23.9 Å². The molecular weight excluding hydrogens is 338 g/mol. The van der Waals surface area contributed by atoms with Crippen LogP contribution in [0.4, 0.5) is 5.69 Å². The van der Waals surface area contributed by atoms with Gasteiger partial charge >= 0.3 is 5.97 Å². The number of nitrogens with zero attached hydrogens (tertiary/aromatic N) is 2. The van der Waals surface area contributed by atoms with Crippen molar-refractivity contribution >= 4 is 29.4 Å². The van der Waals surface area contributed by atoms with Gasteiger partial charge in [-0.05, 0) is 30.2 Å². The molecule has 3 aliphatic heterocycles. The molecule has 0 spiro atoms. The molecule has 0 bridgehead atoms. The Kier molecular flexibility index (Phi) is 3.90. The lowest BCUT2D eigenvalue weighted by molar-refractivity contribution is -0.146. The molecule has 0 aromatic heterocycles. The van der Waals surface area contributed by atoms with E-state index in [9.17, 15) is 19.2 Å². The first kappa shape index (κ1) is 16.6. The van der Waals surface area contributed by atoms with Gasteiger partial charge < -0.3 is 14.5 Å². The summed E-state index contributed by atoms with van der Waals surface area (Å²) in [5, 5.41) is 2.30. The Hall–Kier alpha value is -2.90. The van der Waals surface area contributed by atoms with E-state index in [0.29, 0.717) is 31.6 Å². The average Bonchev–Trinajstić information content (AvgIpc) is 2.89. The summed E-state index contributed by atoms with van der Waals surface area (Å²) in [6.45, 7) is 1.54. The van der Waals surface area contributed by atoms with Crippen molar-refractivity contribution in [2.45, 2.75) is 25.4 Å². The number of fused-ring (bicyclic) bond motifs is 1. The molecule has 2 fully saturated rings. The number of nitrogens with one attached hydrogen (secondary N) is 1. The second-order valence-electron chi connectivity index (χ2n) is 6.87. The van der Waals surface area contributed by atoms with Gasteiger partial charge in [0.05, 0.1) is 13.0 Å². The normalized spacial score (nSPS) is 22.8. The van der Waals surface area contributed by atoms with Crippen LogP contribution in [-0.2, 0) is 25.7 Å². The summed E-state index contributed by atoms with van der Waals surface area (Å²) in [6, 6.07) is 4.96. The van der Waals surface area contributed by atoms with Gasteiger partial charge in [-0.2, -0.15) is 0 Å². The Morgan fingerprint density at radius 1 is 1.23 bits per heavy atom. The molecule has 3 amide bonds. The second kappa shape index (κ2) is 6.12. The molecule has 3 heterocycles. The number of esters is 1. The summed E-state index contributed by atoms with van der Waals surface area (Å²) in [5.74, 6) is -1.21. The van der Waals surface area contributed by atoms with Gasteiger partial charge in [0, 0.05) is 37.3 Å². The van der Waals surface area contributed by atoms with Crippen molar-refractivity contribution in [1.82, 2.24) is 10.2 Å². The number of imide groups is 1. The van der Waals surface area contributed by atoms with Crippen LogP contribution < -0.4 is 10.2 Å². The maximum Gasteiger partial charge on any atom is 0.312 e. The molecular formula is C18H19N3O5. The molecule has 0 saturated carbocycles. The molecule has 26 heavy (non-hydrogen) atoms. The van der Waals surface area contributed by atoms with Crippen LogP contribution in [0.25, 0.3) is 0 Å². The van der Waals surface area contributed by atoms with E-state index in [2.05, 4.69) is 10.2 Å². The quantitative estimate of drug-likeness (QED) is 0.607. The number of carbonyl (C=O) groups is 4. The first-order valence-electron chi connectivity index (χ1n) is 8.58. The Morgan fingerprint density at radius 3 is 2.69 bits per heavy atom. The number of carbonyl (C=O) groups excluding carboxylic acids is 4. The van der Waals surface area contributed by atoms with Crippen molar-refractivity contribution in [2.75, 3.05) is 25.1 Å². The van der Waals surface area contributed by atoms with Crippen LogP contribution in [0.5, 0.6) is 0 Å². The third-order valence-corrected chi connectivity index (χ3v) is 5.29. The maximum atomic E-state index is 12.7. The standard InChI is InChI=1S/C18H19N3O5/c1-26-18(25)11-7-20(8-11)12-2-3-13-10(6-12)9-21(17(13)24)14-4-5-15(22)19-16(14)23/h2-3,6,11,14H,4-5,7-9H2,1H3,(H,19,22,23). The summed E-state index contributed by atoms with van der Waals surface area (Å²) in [4.78, 5) is 51.1. The molecule has 1 aromatic rings. The number of hydrogen-bond acceptors (Lipinski definition) is 6. The predicted molar refractivity (Wildman–Crippen MR) is 90.2 cm³/mol. The van der Waals surface area contributed by atoms with Crippen molar-refractivity contribution in [2.24, 2.45) is 5.92 Å². The average molecular weight is 357 g/mol. The van der Waals surface area contributed by atoms with Gasteiger partial charge in [-0.25, -0.2) is 0 Å². The lowest BCUT2D eigenvalue weighted by Crippen LogP contribution is -2.52. The SMILES string of the molecule is COC(=O)C1CN(c2ccc3c(c2)CN(C2CCC(=O)NC2=O)C3=O)C1. The van der Waals surface area contributed by atoms with Gasteiger partial charge in [-0.3, -0.25) is 24.5 Å². The summed E-state index contributed by atoms with van der Waals surface area (Å²) < 4.78 is 4.75. The fourth-order valence-electron chi connectivity index (χ4n) is 3.76. The van der Waals surface area contributed by atoms with Crippen molar-refractivity contribution in [1.29, 1.82) is 0 Å². The van der Waals surface area contributed by atoms with Crippen LogP contribution in [0, 0.1) is 5.92 Å². The molecule has 8 heteroatoms. The number of anilines is 1. The summed E-state index contributed by atoms with van der Waals surface area (Å²) in [6.07, 6.45) is 0.592. The smallest absolute Gasteiger partial charge is 0.312 e. The Bertz CT molecular complexity index is 815. The van der Waals surface area contributed by atoms with Gasteiger partial charge in [0.15, 0.2) is 0 Å². The van der Waals surface area contributed by atoms with E-state index in [1.165, 1.54) is 12.0 Å². The molecule has 0 radical (unpaired) electrons. The van der Waals surface area contributed by atoms with Crippen LogP contribution in [0.15, 0.2) is 18.2 Å². The van der Waals surface area contributed by atoms with E-state index in [0.717, 1.165) is 11.3 Å². The van der Waals surface area contributed by atoms with E-state index >= 15 is 0 Å². The highest BCUT2D eigenvalue weighted by Crippen LogP contribution is 2.32. The van der Waals surface area contributed by atoms with Gasteiger partial charge in [-0.1, -0.05) is 0 Å². The van der Waals surface area contributed by atoms with E-state index in [1.54, 1.807) is 6.07 Å². The number of methoxy groups -OCH3 is 1. The Balaban J connectivity index is 1.48. The molecule has 1 atom stereocenters. The Morgan fingerprint density at radius 2 is 2.00 bits per heavy atom. The first-order chi connectivity index (χ1) is 12.5. The van der Waals surface area contributed by atoms with E-state index in [4.69, 9.17) is 4.74 Å². The number of benzene rings is 1. The Labute approximate surface area is 150 Å². The monoisotopic (exact) mass is 357 g/mol. The first-order valence-corrected chi connectivity index (χ1v) is 8.58. The van der Waals surface area contributed by atoms with Crippen LogP contribution in [0.1, 0.15) is 28.8 Å². The third-order valence-electron chi connectivity index (χ3n) is 5.29. The summed E-state index contributed by atoms with van der Waals surface area (Å²) in [5.41, 5.74) is 2.39. The number of amides is 3. The molecule has 2 saturated heterocycles. The van der Waals surface area contributed by atoms with Crippen LogP contribution in [-0.4, -0.2) is 54.8 Å². The zero-order valence-electron chi connectivity index (χ0n) is 14.4. The van der Waals surface area contributed by atoms with Crippen molar-refractivity contribution in [3.8, 4) is 0 Å². The fourth-order valence-corrected chi connectivity index (χ4v) is 3.76. The fraction of sp³-hybridized carbons (Fsp3) is 0.444. The molecule has 8 nitrogen and oxygen atoms in total.